The van der Waals surface area contributed by atoms with Crippen LogP contribution in [0.15, 0.2) is 82.0 Å². The number of carbonyl (C=O) groups excluding carboxylic acids is 2. The minimum absolute atomic E-state index is 0.0599. The monoisotopic (exact) mass is 468 g/mol. The maximum absolute atomic E-state index is 13.2. The van der Waals surface area contributed by atoms with Gasteiger partial charge in [-0.25, -0.2) is 0 Å². The Morgan fingerprint density at radius 2 is 1.80 bits per heavy atom. The maximum Gasteiger partial charge on any atom is 0.272 e. The average molecular weight is 469 g/mol. The van der Waals surface area contributed by atoms with Crippen LogP contribution in [-0.2, 0) is 22.7 Å². The van der Waals surface area contributed by atoms with Crippen LogP contribution in [0.3, 0.4) is 0 Å². The van der Waals surface area contributed by atoms with Crippen molar-refractivity contribution in [2.45, 2.75) is 27.0 Å². The summed E-state index contributed by atoms with van der Waals surface area (Å²) < 4.78 is 16.7. The van der Waals surface area contributed by atoms with E-state index in [0.717, 1.165) is 10.5 Å². The molecular formula is C28H24N2O5. The van der Waals surface area contributed by atoms with E-state index in [1.54, 1.807) is 50.4 Å². The quantitative estimate of drug-likeness (QED) is 0.359. The van der Waals surface area contributed by atoms with Crippen molar-refractivity contribution in [3.63, 3.8) is 0 Å². The van der Waals surface area contributed by atoms with E-state index >= 15 is 0 Å². The zero-order valence-corrected chi connectivity index (χ0v) is 19.7. The fourth-order valence-electron chi connectivity index (χ4n) is 3.74. The van der Waals surface area contributed by atoms with Crippen molar-refractivity contribution in [1.82, 2.24) is 4.90 Å². The second-order valence-electron chi connectivity index (χ2n) is 8.13. The zero-order valence-electron chi connectivity index (χ0n) is 19.7. The lowest BCUT2D eigenvalue weighted by Crippen LogP contribution is -2.42. The number of hydrogen-bond donors (Lipinski definition) is 0. The number of carbonyl (C=O) groups is 2. The number of imide groups is 1. The summed E-state index contributed by atoms with van der Waals surface area (Å²) in [4.78, 5) is 27.0. The van der Waals surface area contributed by atoms with Crippen LogP contribution in [0.5, 0.6) is 11.5 Å². The van der Waals surface area contributed by atoms with Crippen molar-refractivity contribution in [3.8, 4) is 17.6 Å². The molecule has 0 fully saturated rings. The molecule has 0 saturated heterocycles. The predicted octanol–water partition coefficient (Wildman–Crippen LogP) is 4.97. The number of nitriles is 1. The molecule has 1 aliphatic heterocycles. The summed E-state index contributed by atoms with van der Waals surface area (Å²) in [6.45, 7) is 3.95. The van der Waals surface area contributed by atoms with Crippen molar-refractivity contribution >= 4 is 17.9 Å². The number of ether oxygens (including phenoxy) is 2. The van der Waals surface area contributed by atoms with Crippen LogP contribution in [-0.4, -0.2) is 23.8 Å². The molecule has 0 aliphatic carbocycles. The molecule has 2 heterocycles. The number of rotatable bonds is 7. The molecule has 0 radical (unpaired) electrons. The molecular weight excluding hydrogens is 444 g/mol. The Labute approximate surface area is 203 Å². The minimum Gasteiger partial charge on any atom is -0.493 e. The first kappa shape index (κ1) is 23.6. The highest BCUT2D eigenvalue weighted by Gasteiger charge is 2.36. The Morgan fingerprint density at radius 1 is 1.03 bits per heavy atom. The molecule has 0 bridgehead atoms. The lowest BCUT2D eigenvalue weighted by Gasteiger charge is -2.26. The Morgan fingerprint density at radius 3 is 2.46 bits per heavy atom. The number of nitrogens with zero attached hydrogens (tertiary/aromatic N) is 2. The smallest absolute Gasteiger partial charge is 0.272 e. The lowest BCUT2D eigenvalue weighted by atomic mass is 9.93. The van der Waals surface area contributed by atoms with E-state index in [1.165, 1.54) is 11.8 Å². The third kappa shape index (κ3) is 5.02. The molecule has 0 saturated carbocycles. The number of furan rings is 1. The summed E-state index contributed by atoms with van der Waals surface area (Å²) in [5.74, 6) is 0.368. The summed E-state index contributed by atoms with van der Waals surface area (Å²) in [6, 6.07) is 18.6. The molecule has 176 valence electrons. The molecule has 0 atom stereocenters. The Kier molecular flexibility index (Phi) is 6.83. The van der Waals surface area contributed by atoms with E-state index in [4.69, 9.17) is 13.9 Å². The number of aryl methyl sites for hydroxylation is 1. The van der Waals surface area contributed by atoms with Gasteiger partial charge in [-0.2, -0.15) is 5.26 Å². The second kappa shape index (κ2) is 10.1. The molecule has 35 heavy (non-hydrogen) atoms. The third-order valence-corrected chi connectivity index (χ3v) is 5.73. The van der Waals surface area contributed by atoms with E-state index in [-0.39, 0.29) is 17.7 Å². The molecule has 1 aromatic heterocycles. The van der Waals surface area contributed by atoms with Crippen molar-refractivity contribution < 1.29 is 23.5 Å². The van der Waals surface area contributed by atoms with E-state index in [9.17, 15) is 14.9 Å². The fraction of sp³-hybridized carbons (Fsp3) is 0.179. The molecule has 7 nitrogen and oxygen atoms in total. The lowest BCUT2D eigenvalue weighted by molar-refractivity contribution is -0.141. The number of benzene rings is 2. The van der Waals surface area contributed by atoms with Gasteiger partial charge in [0.25, 0.3) is 11.8 Å². The normalized spacial score (nSPS) is 14.9. The Bertz CT molecular complexity index is 1360. The standard InChI is InChI=1S/C28H24N2O5/c1-18-6-8-20(9-7-18)17-35-25-11-10-21(14-26(25)33-3)13-23-19(2)24(15-29)28(32)30(27(23)31)16-22-5-4-12-34-22/h4-14H,16-17H2,1-3H3/b23-13+. The topological polar surface area (TPSA) is 92.8 Å². The van der Waals surface area contributed by atoms with Gasteiger partial charge < -0.3 is 13.9 Å². The van der Waals surface area contributed by atoms with Crippen LogP contribution in [0, 0.1) is 18.3 Å². The van der Waals surface area contributed by atoms with Gasteiger partial charge in [0.05, 0.1) is 19.9 Å². The van der Waals surface area contributed by atoms with Gasteiger partial charge in [-0.05, 0) is 60.9 Å². The fourth-order valence-corrected chi connectivity index (χ4v) is 3.74. The molecule has 2 amide bonds. The molecule has 0 unspecified atom stereocenters. The van der Waals surface area contributed by atoms with Crippen LogP contribution in [0.25, 0.3) is 6.08 Å². The Hall–Kier alpha value is -4.57. The van der Waals surface area contributed by atoms with Crippen LogP contribution < -0.4 is 9.47 Å². The summed E-state index contributed by atoms with van der Waals surface area (Å²) in [7, 11) is 1.54. The average Bonchev–Trinajstić information content (AvgIpc) is 3.38. The van der Waals surface area contributed by atoms with Gasteiger partial charge >= 0.3 is 0 Å². The van der Waals surface area contributed by atoms with Gasteiger partial charge in [-0.3, -0.25) is 14.5 Å². The molecule has 4 rings (SSSR count). The number of methoxy groups -OCH3 is 1. The van der Waals surface area contributed by atoms with Crippen LogP contribution >= 0.6 is 0 Å². The second-order valence-corrected chi connectivity index (χ2v) is 8.13. The molecule has 7 heteroatoms. The minimum atomic E-state index is -0.638. The Balaban J connectivity index is 1.62. The first-order chi connectivity index (χ1) is 16.9. The molecule has 2 aromatic carbocycles. The molecule has 0 N–H and O–H groups in total. The number of amides is 2. The van der Waals surface area contributed by atoms with E-state index < -0.39 is 11.8 Å². The SMILES string of the molecule is COc1cc(/C=C2/C(=O)N(Cc3ccco3)C(=O)C(C#N)=C2C)ccc1OCc1ccc(C)cc1. The van der Waals surface area contributed by atoms with Gasteiger partial charge in [-0.15, -0.1) is 0 Å². The predicted molar refractivity (Wildman–Crippen MR) is 129 cm³/mol. The summed E-state index contributed by atoms with van der Waals surface area (Å²) in [6.07, 6.45) is 3.11. The van der Waals surface area contributed by atoms with Crippen LogP contribution in [0.4, 0.5) is 0 Å². The van der Waals surface area contributed by atoms with Crippen LogP contribution in [0.2, 0.25) is 0 Å². The van der Waals surface area contributed by atoms with E-state index in [1.807, 2.05) is 37.3 Å². The van der Waals surface area contributed by atoms with E-state index in [2.05, 4.69) is 0 Å². The summed E-state index contributed by atoms with van der Waals surface area (Å²) in [5.41, 5.74) is 3.38. The summed E-state index contributed by atoms with van der Waals surface area (Å²) >= 11 is 0. The van der Waals surface area contributed by atoms with Crippen molar-refractivity contribution in [2.75, 3.05) is 7.11 Å². The number of hydrogen-bond acceptors (Lipinski definition) is 6. The highest BCUT2D eigenvalue weighted by Crippen LogP contribution is 2.32. The highest BCUT2D eigenvalue weighted by molar-refractivity contribution is 6.19. The summed E-state index contributed by atoms with van der Waals surface area (Å²) in [5, 5.41) is 9.58. The third-order valence-electron chi connectivity index (χ3n) is 5.73. The van der Waals surface area contributed by atoms with Crippen molar-refractivity contribution in [1.29, 1.82) is 5.26 Å². The molecule has 1 aliphatic rings. The van der Waals surface area contributed by atoms with Gasteiger partial charge in [0.1, 0.15) is 24.0 Å². The zero-order chi connectivity index (χ0) is 24.9. The van der Waals surface area contributed by atoms with Gasteiger partial charge in [0.2, 0.25) is 0 Å². The van der Waals surface area contributed by atoms with Crippen molar-refractivity contribution in [2.24, 2.45) is 0 Å². The van der Waals surface area contributed by atoms with E-state index in [0.29, 0.717) is 35.0 Å². The van der Waals surface area contributed by atoms with Crippen LogP contribution in [0.1, 0.15) is 29.4 Å². The van der Waals surface area contributed by atoms with Crippen molar-refractivity contribution in [3.05, 3.63) is 100 Å². The first-order valence-corrected chi connectivity index (χ1v) is 11.0. The van der Waals surface area contributed by atoms with Gasteiger partial charge in [-0.1, -0.05) is 35.9 Å². The molecule has 3 aromatic rings. The van der Waals surface area contributed by atoms with Gasteiger partial charge in [0, 0.05) is 5.57 Å². The molecule has 0 spiro atoms. The highest BCUT2D eigenvalue weighted by atomic mass is 16.5. The largest absolute Gasteiger partial charge is 0.493 e. The maximum atomic E-state index is 13.2. The van der Waals surface area contributed by atoms with Gasteiger partial charge in [0.15, 0.2) is 11.5 Å². The first-order valence-electron chi connectivity index (χ1n) is 11.0.